The second-order valence-corrected chi connectivity index (χ2v) is 6.29. The summed E-state index contributed by atoms with van der Waals surface area (Å²) >= 11 is 0. The molecule has 0 aliphatic carbocycles. The van der Waals surface area contributed by atoms with Crippen LogP contribution in [0.1, 0.15) is 10.5 Å². The summed E-state index contributed by atoms with van der Waals surface area (Å²) in [5.74, 6) is 0.940. The predicted octanol–water partition coefficient (Wildman–Crippen LogP) is -0.869. The van der Waals surface area contributed by atoms with Gasteiger partial charge in [0.25, 0.3) is 11.5 Å². The molecule has 1 saturated heterocycles. The summed E-state index contributed by atoms with van der Waals surface area (Å²) in [6.45, 7) is 4.36. The molecule has 0 unspecified atom stereocenters. The Morgan fingerprint density at radius 1 is 1.19 bits per heavy atom. The van der Waals surface area contributed by atoms with Gasteiger partial charge in [-0.2, -0.15) is 5.10 Å². The number of carbonyl (C=O) groups excluding carboxylic acids is 1. The molecule has 0 saturated carbocycles. The third-order valence-electron chi connectivity index (χ3n) is 4.29. The van der Waals surface area contributed by atoms with Crippen molar-refractivity contribution in [2.45, 2.75) is 0 Å². The Kier molecular flexibility index (Phi) is 5.97. The molecule has 0 bridgehead atoms. The number of hydrogen-bond acceptors (Lipinski definition) is 8. The molecule has 2 aromatic rings. The predicted molar refractivity (Wildman–Crippen MR) is 99.0 cm³/mol. The standard InChI is InChI=1S/C17H23N7O3/c1-22-6-8-24(9-7-22)14-11-15(20-12-19-14)27-10-5-18-17(26)13-3-4-16(25)23(2)21-13/h3-4,11-12H,5-10H2,1-2H3,(H,18,26). The molecule has 3 heterocycles. The maximum absolute atomic E-state index is 12.0. The molecule has 1 aliphatic rings. The average Bonchev–Trinajstić information content (AvgIpc) is 2.68. The highest BCUT2D eigenvalue weighted by Crippen LogP contribution is 2.17. The summed E-state index contributed by atoms with van der Waals surface area (Å²) in [7, 11) is 3.60. The number of likely N-dealkylation sites (N-methyl/N-ethyl adjacent to an activating group) is 1. The second-order valence-electron chi connectivity index (χ2n) is 6.29. The number of nitrogens with zero attached hydrogens (tertiary/aromatic N) is 6. The number of aryl methyl sites for hydroxylation is 1. The van der Waals surface area contributed by atoms with E-state index in [-0.39, 0.29) is 30.3 Å². The highest BCUT2D eigenvalue weighted by Gasteiger charge is 2.16. The van der Waals surface area contributed by atoms with Crippen LogP contribution in [-0.2, 0) is 7.05 Å². The van der Waals surface area contributed by atoms with E-state index in [0.29, 0.717) is 5.88 Å². The molecule has 0 atom stereocenters. The highest BCUT2D eigenvalue weighted by molar-refractivity contribution is 5.91. The van der Waals surface area contributed by atoms with Crippen LogP contribution in [0.2, 0.25) is 0 Å². The minimum atomic E-state index is -0.366. The summed E-state index contributed by atoms with van der Waals surface area (Å²) in [6, 6.07) is 4.51. The normalized spacial score (nSPS) is 14.8. The smallest absolute Gasteiger partial charge is 0.271 e. The van der Waals surface area contributed by atoms with Gasteiger partial charge in [0.05, 0.1) is 6.54 Å². The lowest BCUT2D eigenvalue weighted by atomic mass is 10.3. The van der Waals surface area contributed by atoms with Crippen molar-refractivity contribution in [1.29, 1.82) is 0 Å². The zero-order valence-electron chi connectivity index (χ0n) is 15.5. The van der Waals surface area contributed by atoms with Crippen LogP contribution in [-0.4, -0.2) is 76.9 Å². The lowest BCUT2D eigenvalue weighted by Gasteiger charge is -2.33. The molecule has 10 heteroatoms. The average molecular weight is 373 g/mol. The Morgan fingerprint density at radius 2 is 1.96 bits per heavy atom. The Bertz CT molecular complexity index is 846. The number of rotatable bonds is 6. The van der Waals surface area contributed by atoms with E-state index in [1.165, 1.54) is 25.5 Å². The molecule has 27 heavy (non-hydrogen) atoms. The third-order valence-corrected chi connectivity index (χ3v) is 4.29. The van der Waals surface area contributed by atoms with Crippen molar-refractivity contribution in [3.05, 3.63) is 40.6 Å². The molecule has 144 valence electrons. The van der Waals surface area contributed by atoms with Crippen LogP contribution in [0.15, 0.2) is 29.3 Å². The fraction of sp³-hybridized carbons (Fsp3) is 0.471. The van der Waals surface area contributed by atoms with Crippen molar-refractivity contribution in [1.82, 2.24) is 30.0 Å². The van der Waals surface area contributed by atoms with E-state index < -0.39 is 0 Å². The minimum Gasteiger partial charge on any atom is -0.476 e. The van der Waals surface area contributed by atoms with Crippen molar-refractivity contribution in [2.75, 3.05) is 51.3 Å². The summed E-state index contributed by atoms with van der Waals surface area (Å²) in [6.07, 6.45) is 1.48. The monoisotopic (exact) mass is 373 g/mol. The summed E-state index contributed by atoms with van der Waals surface area (Å²) in [5, 5.41) is 6.60. The van der Waals surface area contributed by atoms with Gasteiger partial charge in [0, 0.05) is 45.4 Å². The van der Waals surface area contributed by atoms with Crippen LogP contribution < -0.4 is 20.5 Å². The molecule has 0 spiro atoms. The minimum absolute atomic E-state index is 0.177. The molecule has 1 aliphatic heterocycles. The van der Waals surface area contributed by atoms with E-state index in [2.05, 4.69) is 37.2 Å². The number of ether oxygens (including phenoxy) is 1. The van der Waals surface area contributed by atoms with Gasteiger partial charge in [-0.15, -0.1) is 0 Å². The first kappa shape index (κ1) is 18.8. The molecule has 1 amide bonds. The van der Waals surface area contributed by atoms with Crippen molar-refractivity contribution >= 4 is 11.7 Å². The van der Waals surface area contributed by atoms with Crippen molar-refractivity contribution in [3.8, 4) is 5.88 Å². The lowest BCUT2D eigenvalue weighted by Crippen LogP contribution is -2.44. The van der Waals surface area contributed by atoms with Gasteiger partial charge in [-0.05, 0) is 13.1 Å². The Morgan fingerprint density at radius 3 is 2.70 bits per heavy atom. The van der Waals surface area contributed by atoms with Crippen LogP contribution in [0, 0.1) is 0 Å². The fourth-order valence-corrected chi connectivity index (χ4v) is 2.65. The van der Waals surface area contributed by atoms with E-state index >= 15 is 0 Å². The molecular weight excluding hydrogens is 350 g/mol. The molecule has 1 fully saturated rings. The maximum atomic E-state index is 12.0. The molecule has 2 aromatic heterocycles. The van der Waals surface area contributed by atoms with Crippen LogP contribution in [0.5, 0.6) is 5.88 Å². The molecule has 3 rings (SSSR count). The number of hydrogen-bond donors (Lipinski definition) is 1. The molecule has 0 aromatic carbocycles. The summed E-state index contributed by atoms with van der Waals surface area (Å²) in [5.41, 5.74) is -0.0914. The molecule has 1 N–H and O–H groups in total. The Labute approximate surface area is 156 Å². The Balaban J connectivity index is 1.47. The largest absolute Gasteiger partial charge is 0.476 e. The number of amides is 1. The van der Waals surface area contributed by atoms with Gasteiger partial charge in [-0.3, -0.25) is 9.59 Å². The SMILES string of the molecule is CN1CCN(c2cc(OCCNC(=O)c3ccc(=O)n(C)n3)ncn2)CC1. The third kappa shape index (κ3) is 5.00. The number of nitrogens with one attached hydrogen (secondary N) is 1. The Hall–Kier alpha value is -3.01. The van der Waals surface area contributed by atoms with Crippen molar-refractivity contribution in [3.63, 3.8) is 0 Å². The zero-order valence-corrected chi connectivity index (χ0v) is 15.5. The topological polar surface area (TPSA) is 105 Å². The van der Waals surface area contributed by atoms with Crippen LogP contribution >= 0.6 is 0 Å². The molecular formula is C17H23N7O3. The van der Waals surface area contributed by atoms with Gasteiger partial charge in [0.15, 0.2) is 0 Å². The van der Waals surface area contributed by atoms with E-state index in [0.717, 1.165) is 36.7 Å². The molecule has 0 radical (unpaired) electrons. The van der Waals surface area contributed by atoms with Crippen LogP contribution in [0.25, 0.3) is 0 Å². The van der Waals surface area contributed by atoms with Gasteiger partial charge in [-0.1, -0.05) is 0 Å². The van der Waals surface area contributed by atoms with E-state index in [9.17, 15) is 9.59 Å². The first-order valence-corrected chi connectivity index (χ1v) is 8.74. The molecule has 10 nitrogen and oxygen atoms in total. The van der Waals surface area contributed by atoms with E-state index in [1.807, 2.05) is 6.07 Å². The first-order chi connectivity index (χ1) is 13.0. The lowest BCUT2D eigenvalue weighted by molar-refractivity contribution is 0.0939. The van der Waals surface area contributed by atoms with Gasteiger partial charge >= 0.3 is 0 Å². The van der Waals surface area contributed by atoms with Gasteiger partial charge in [-0.25, -0.2) is 14.6 Å². The van der Waals surface area contributed by atoms with Gasteiger partial charge < -0.3 is 19.9 Å². The number of piperazine rings is 1. The number of carbonyl (C=O) groups is 1. The van der Waals surface area contributed by atoms with Crippen LogP contribution in [0.4, 0.5) is 5.82 Å². The van der Waals surface area contributed by atoms with Gasteiger partial charge in [0.1, 0.15) is 24.4 Å². The second kappa shape index (κ2) is 8.58. The van der Waals surface area contributed by atoms with Gasteiger partial charge in [0.2, 0.25) is 5.88 Å². The highest BCUT2D eigenvalue weighted by atomic mass is 16.5. The zero-order chi connectivity index (χ0) is 19.2. The van der Waals surface area contributed by atoms with E-state index in [1.54, 1.807) is 0 Å². The van der Waals surface area contributed by atoms with E-state index in [4.69, 9.17) is 4.74 Å². The summed E-state index contributed by atoms with van der Waals surface area (Å²) in [4.78, 5) is 36.2. The fourth-order valence-electron chi connectivity index (χ4n) is 2.65. The summed E-state index contributed by atoms with van der Waals surface area (Å²) < 4.78 is 6.73. The number of aromatic nitrogens is 4. The first-order valence-electron chi connectivity index (χ1n) is 8.74. The van der Waals surface area contributed by atoms with Crippen LogP contribution in [0.3, 0.4) is 0 Å². The van der Waals surface area contributed by atoms with Crippen molar-refractivity contribution < 1.29 is 9.53 Å². The van der Waals surface area contributed by atoms with Crippen molar-refractivity contribution in [2.24, 2.45) is 7.05 Å². The quantitative estimate of drug-likeness (QED) is 0.652. The number of anilines is 1. The maximum Gasteiger partial charge on any atom is 0.271 e.